The van der Waals surface area contributed by atoms with Crippen molar-refractivity contribution < 1.29 is 9.47 Å². The summed E-state index contributed by atoms with van der Waals surface area (Å²) in [6.45, 7) is 2.63. The molecular weight excluding hydrogens is 506 g/mol. The van der Waals surface area contributed by atoms with E-state index in [0.717, 1.165) is 30.2 Å². The van der Waals surface area contributed by atoms with Crippen LogP contribution in [-0.2, 0) is 6.54 Å². The quantitative estimate of drug-likeness (QED) is 0.257. The molecular formula is C29H24ClN3O3S. The van der Waals surface area contributed by atoms with E-state index >= 15 is 0 Å². The van der Waals surface area contributed by atoms with Crippen molar-refractivity contribution in [2.24, 2.45) is 0 Å². The van der Waals surface area contributed by atoms with Crippen molar-refractivity contribution in [2.45, 2.75) is 12.6 Å². The normalized spacial score (nSPS) is 14.0. The number of thiazole rings is 1. The summed E-state index contributed by atoms with van der Waals surface area (Å²) >= 11 is 7.39. The molecule has 0 bridgehead atoms. The van der Waals surface area contributed by atoms with Crippen LogP contribution in [0, 0.1) is 0 Å². The predicted octanol–water partition coefficient (Wildman–Crippen LogP) is 6.04. The van der Waals surface area contributed by atoms with Gasteiger partial charge in [-0.3, -0.25) is 14.3 Å². The highest BCUT2D eigenvalue weighted by Gasteiger charge is 2.29. The van der Waals surface area contributed by atoms with Crippen molar-refractivity contribution in [3.8, 4) is 27.8 Å². The molecule has 0 spiro atoms. The molecule has 0 N–H and O–H groups in total. The number of benzene rings is 3. The van der Waals surface area contributed by atoms with Crippen LogP contribution in [0.15, 0.2) is 89.9 Å². The molecule has 0 unspecified atom stereocenters. The summed E-state index contributed by atoms with van der Waals surface area (Å²) in [6.07, 6.45) is 1.85. The first-order chi connectivity index (χ1) is 18.1. The van der Waals surface area contributed by atoms with Gasteiger partial charge in [0.1, 0.15) is 15.8 Å². The second kappa shape index (κ2) is 10.0. The number of hydrogen-bond donors (Lipinski definition) is 0. The van der Waals surface area contributed by atoms with Gasteiger partial charge in [-0.25, -0.2) is 4.98 Å². The van der Waals surface area contributed by atoms with Crippen LogP contribution in [0.3, 0.4) is 0 Å². The van der Waals surface area contributed by atoms with Crippen LogP contribution in [0.2, 0.25) is 5.02 Å². The number of hydrogen-bond acceptors (Lipinski definition) is 6. The minimum Gasteiger partial charge on any atom is -0.493 e. The number of halogens is 1. The van der Waals surface area contributed by atoms with Gasteiger partial charge in [-0.2, -0.15) is 0 Å². The number of ether oxygens (including phenoxy) is 2. The molecule has 0 saturated carbocycles. The average molecular weight is 530 g/mol. The molecule has 1 aliphatic heterocycles. The highest BCUT2D eigenvalue weighted by atomic mass is 35.5. The second-order valence-corrected chi connectivity index (χ2v) is 10.4. The third kappa shape index (κ3) is 4.85. The molecule has 3 heterocycles. The Bertz CT molecular complexity index is 1610. The zero-order valence-corrected chi connectivity index (χ0v) is 21.7. The first-order valence-electron chi connectivity index (χ1n) is 12.0. The molecule has 8 heteroatoms. The van der Waals surface area contributed by atoms with E-state index in [1.54, 1.807) is 17.9 Å². The van der Waals surface area contributed by atoms with Crippen molar-refractivity contribution in [2.75, 3.05) is 20.2 Å². The first-order valence-corrected chi connectivity index (χ1v) is 13.2. The Hall–Kier alpha value is -3.65. The van der Waals surface area contributed by atoms with Gasteiger partial charge in [0.25, 0.3) is 5.56 Å². The number of methoxy groups -OCH3 is 1. The number of pyridine rings is 1. The Labute approximate surface area is 223 Å². The third-order valence-electron chi connectivity index (χ3n) is 6.43. The lowest BCUT2D eigenvalue weighted by Gasteiger charge is -2.39. The summed E-state index contributed by atoms with van der Waals surface area (Å²) in [5, 5.41) is 1.44. The Morgan fingerprint density at radius 1 is 1.00 bits per heavy atom. The van der Waals surface area contributed by atoms with E-state index in [9.17, 15) is 4.79 Å². The summed E-state index contributed by atoms with van der Waals surface area (Å²) in [5.74, 6) is 1.27. The van der Waals surface area contributed by atoms with E-state index in [1.807, 2.05) is 54.6 Å². The molecule has 1 saturated heterocycles. The van der Waals surface area contributed by atoms with Gasteiger partial charge in [-0.1, -0.05) is 54.1 Å². The minimum absolute atomic E-state index is 0.103. The number of nitrogens with zero attached hydrogens (tertiary/aromatic N) is 3. The fourth-order valence-electron chi connectivity index (χ4n) is 4.49. The first kappa shape index (κ1) is 23.7. The monoisotopic (exact) mass is 529 g/mol. The van der Waals surface area contributed by atoms with Gasteiger partial charge in [0.2, 0.25) is 0 Å². The SMILES string of the molecule is COc1cc(-n2ccc3nc(-c4ccc(Cl)cc4)sc3c2=O)ccc1OC1CN(Cc2ccccc2)C1. The van der Waals surface area contributed by atoms with E-state index in [0.29, 0.717) is 32.4 Å². The van der Waals surface area contributed by atoms with Crippen molar-refractivity contribution >= 4 is 33.2 Å². The van der Waals surface area contributed by atoms with Crippen molar-refractivity contribution in [1.82, 2.24) is 14.5 Å². The molecule has 186 valence electrons. The highest BCUT2D eigenvalue weighted by Crippen LogP contribution is 2.33. The van der Waals surface area contributed by atoms with Gasteiger partial charge in [0.05, 0.1) is 18.3 Å². The lowest BCUT2D eigenvalue weighted by molar-refractivity contribution is 0.0131. The van der Waals surface area contributed by atoms with Gasteiger partial charge < -0.3 is 9.47 Å². The van der Waals surface area contributed by atoms with E-state index in [2.05, 4.69) is 34.1 Å². The Morgan fingerprint density at radius 2 is 1.78 bits per heavy atom. The molecule has 5 aromatic rings. The predicted molar refractivity (Wildman–Crippen MR) is 148 cm³/mol. The smallest absolute Gasteiger partial charge is 0.274 e. The van der Waals surface area contributed by atoms with Crippen molar-refractivity contribution in [1.29, 1.82) is 0 Å². The van der Waals surface area contributed by atoms with Crippen molar-refractivity contribution in [3.63, 3.8) is 0 Å². The summed E-state index contributed by atoms with van der Waals surface area (Å²) in [4.78, 5) is 20.4. The Morgan fingerprint density at radius 3 is 2.54 bits per heavy atom. The number of rotatable bonds is 7. The Kier molecular flexibility index (Phi) is 6.42. The summed E-state index contributed by atoms with van der Waals surface area (Å²) in [6, 6.07) is 25.3. The van der Waals surface area contributed by atoms with Gasteiger partial charge in [-0.15, -0.1) is 11.3 Å². The zero-order valence-electron chi connectivity index (χ0n) is 20.1. The van der Waals surface area contributed by atoms with Gasteiger partial charge in [-0.05, 0) is 35.9 Å². The summed E-state index contributed by atoms with van der Waals surface area (Å²) in [7, 11) is 1.61. The number of fused-ring (bicyclic) bond motifs is 1. The van der Waals surface area contributed by atoms with E-state index in [1.165, 1.54) is 16.9 Å². The maximum absolute atomic E-state index is 13.4. The topological polar surface area (TPSA) is 56.6 Å². The van der Waals surface area contributed by atoms with Crippen LogP contribution in [0.25, 0.3) is 26.5 Å². The molecule has 1 aliphatic rings. The maximum atomic E-state index is 13.4. The summed E-state index contributed by atoms with van der Waals surface area (Å²) in [5.41, 5.74) is 3.48. The largest absolute Gasteiger partial charge is 0.493 e. The van der Waals surface area contributed by atoms with Crippen LogP contribution in [0.5, 0.6) is 11.5 Å². The van der Waals surface area contributed by atoms with Gasteiger partial charge >= 0.3 is 0 Å². The number of likely N-dealkylation sites (tertiary alicyclic amines) is 1. The average Bonchev–Trinajstić information content (AvgIpc) is 3.34. The fourth-order valence-corrected chi connectivity index (χ4v) is 5.61. The minimum atomic E-state index is -0.124. The van der Waals surface area contributed by atoms with E-state index in [4.69, 9.17) is 21.1 Å². The molecule has 3 aromatic carbocycles. The second-order valence-electron chi connectivity index (χ2n) is 8.99. The van der Waals surface area contributed by atoms with Gasteiger partial charge in [0.15, 0.2) is 11.5 Å². The fraction of sp³-hybridized carbons (Fsp3) is 0.172. The molecule has 6 rings (SSSR count). The van der Waals surface area contributed by atoms with Crippen LogP contribution in [0.1, 0.15) is 5.56 Å². The lowest BCUT2D eigenvalue weighted by Crippen LogP contribution is -2.53. The Balaban J connectivity index is 1.20. The number of aromatic nitrogens is 2. The molecule has 0 radical (unpaired) electrons. The van der Waals surface area contributed by atoms with E-state index < -0.39 is 0 Å². The van der Waals surface area contributed by atoms with Crippen LogP contribution >= 0.6 is 22.9 Å². The zero-order chi connectivity index (χ0) is 25.4. The van der Waals surface area contributed by atoms with Crippen LogP contribution < -0.4 is 15.0 Å². The summed E-state index contributed by atoms with van der Waals surface area (Å²) < 4.78 is 14.1. The van der Waals surface area contributed by atoms with Crippen LogP contribution in [0.4, 0.5) is 0 Å². The van der Waals surface area contributed by atoms with E-state index in [-0.39, 0.29) is 11.7 Å². The molecule has 6 nitrogen and oxygen atoms in total. The third-order valence-corrected chi connectivity index (χ3v) is 7.79. The van der Waals surface area contributed by atoms with Crippen molar-refractivity contribution in [3.05, 3.63) is 106 Å². The van der Waals surface area contributed by atoms with Gasteiger partial charge in [0, 0.05) is 42.5 Å². The molecule has 0 amide bonds. The van der Waals surface area contributed by atoms with Crippen LogP contribution in [-0.4, -0.2) is 40.8 Å². The highest BCUT2D eigenvalue weighted by molar-refractivity contribution is 7.21. The molecule has 37 heavy (non-hydrogen) atoms. The maximum Gasteiger partial charge on any atom is 0.274 e. The molecule has 1 fully saturated rings. The standard InChI is InChI=1S/C29H24ClN3O3S/c1-35-26-15-22(11-12-25(26)36-23-17-32(18-23)16-19-5-3-2-4-6-19)33-14-13-24-27(29(33)34)37-28(31-24)20-7-9-21(30)10-8-20/h2-15,23H,16-18H2,1H3. The molecule has 0 atom stereocenters. The molecule has 0 aliphatic carbocycles. The lowest BCUT2D eigenvalue weighted by atomic mass is 10.1. The molecule has 2 aromatic heterocycles.